The van der Waals surface area contributed by atoms with Crippen LogP contribution in [0, 0.1) is 0 Å². The van der Waals surface area contributed by atoms with Gasteiger partial charge in [-0.25, -0.2) is 4.79 Å². The molecule has 0 radical (unpaired) electrons. The van der Waals surface area contributed by atoms with E-state index in [4.69, 9.17) is 47.4 Å². The first kappa shape index (κ1) is 37.4. The van der Waals surface area contributed by atoms with Gasteiger partial charge in [0.2, 0.25) is 0 Å². The lowest BCUT2D eigenvalue weighted by Gasteiger charge is -2.09. The van der Waals surface area contributed by atoms with Gasteiger partial charge >= 0.3 is 5.97 Å². The molecule has 0 amide bonds. The van der Waals surface area contributed by atoms with E-state index in [-0.39, 0.29) is 12.6 Å². The van der Waals surface area contributed by atoms with E-state index in [1.807, 2.05) is 6.07 Å². The Balaban J connectivity index is 1.65. The van der Waals surface area contributed by atoms with Crippen LogP contribution in [0.4, 0.5) is 0 Å². The van der Waals surface area contributed by atoms with Crippen LogP contribution in [0.2, 0.25) is 0 Å². The van der Waals surface area contributed by atoms with Crippen molar-refractivity contribution < 1.29 is 52.2 Å². The normalized spacial score (nSPS) is 11.2. The summed E-state index contributed by atoms with van der Waals surface area (Å²) in [6, 6.07) is 8.86. The zero-order chi connectivity index (χ0) is 29.3. The first-order valence-corrected chi connectivity index (χ1v) is 14.8. The van der Waals surface area contributed by atoms with Gasteiger partial charge in [-0.15, -0.1) is 0 Å². The summed E-state index contributed by atoms with van der Waals surface area (Å²) in [5.74, 6) is -0.353. The molecule has 11 heteroatoms. The molecule has 0 N–H and O–H groups in total. The summed E-state index contributed by atoms with van der Waals surface area (Å²) in [7, 11) is 0. The topological polar surface area (TPSA) is 109 Å². The van der Waals surface area contributed by atoms with Crippen LogP contribution in [-0.4, -0.2) is 132 Å². The largest absolute Gasteiger partial charge is 0.460 e. The first-order chi connectivity index (χ1) is 20.3. The van der Waals surface area contributed by atoms with Crippen LogP contribution in [0.1, 0.15) is 36.5 Å². The highest BCUT2D eigenvalue weighted by molar-refractivity contribution is 5.89. The molecule has 0 spiro atoms. The summed E-state index contributed by atoms with van der Waals surface area (Å²) in [5.41, 5.74) is 0.529. The Morgan fingerprint density at radius 2 is 0.756 bits per heavy atom. The lowest BCUT2D eigenvalue weighted by atomic mass is 10.2. The number of ether oxygens (including phenoxy) is 10. The summed E-state index contributed by atoms with van der Waals surface area (Å²) >= 11 is 0. The van der Waals surface area contributed by atoms with Gasteiger partial charge in [-0.2, -0.15) is 0 Å². The molecule has 0 unspecified atom stereocenters. The molecular weight excluding hydrogens is 536 g/mol. The van der Waals surface area contributed by atoms with Crippen molar-refractivity contribution >= 4 is 5.97 Å². The summed E-state index contributed by atoms with van der Waals surface area (Å²) < 4.78 is 54.2. The molecule has 11 nitrogen and oxygen atoms in total. The Labute approximate surface area is 245 Å². The second kappa shape index (κ2) is 31.3. The third-order valence-corrected chi connectivity index (χ3v) is 5.34. The number of carbonyl (C=O) groups excluding carboxylic acids is 1. The molecule has 0 saturated heterocycles. The molecule has 0 saturated carbocycles. The fourth-order valence-electron chi connectivity index (χ4n) is 3.17. The van der Waals surface area contributed by atoms with E-state index in [2.05, 4.69) is 6.92 Å². The molecule has 0 heterocycles. The lowest BCUT2D eigenvalue weighted by Crippen LogP contribution is -2.15. The quantitative estimate of drug-likeness (QED) is 0.0914. The molecule has 0 aliphatic heterocycles. The van der Waals surface area contributed by atoms with E-state index in [1.54, 1.807) is 24.3 Å². The van der Waals surface area contributed by atoms with E-state index in [9.17, 15) is 4.79 Å². The van der Waals surface area contributed by atoms with Gasteiger partial charge in [0.05, 0.1) is 118 Å². The summed E-state index contributed by atoms with van der Waals surface area (Å²) in [6.45, 7) is 11.8. The van der Waals surface area contributed by atoms with Crippen molar-refractivity contribution in [3.05, 3.63) is 35.9 Å². The fourth-order valence-corrected chi connectivity index (χ4v) is 3.17. The maximum Gasteiger partial charge on any atom is 0.338 e. The highest BCUT2D eigenvalue weighted by Crippen LogP contribution is 2.00. The molecule has 0 aliphatic carbocycles. The van der Waals surface area contributed by atoms with Crippen LogP contribution in [0.3, 0.4) is 0 Å². The van der Waals surface area contributed by atoms with Gasteiger partial charge in [-0.1, -0.05) is 38.0 Å². The maximum absolute atomic E-state index is 11.8. The van der Waals surface area contributed by atoms with Crippen LogP contribution in [0.15, 0.2) is 30.3 Å². The van der Waals surface area contributed by atoms with Crippen molar-refractivity contribution in [2.24, 2.45) is 0 Å². The number of esters is 1. The summed E-state index contributed by atoms with van der Waals surface area (Å²) in [6.07, 6.45) is 3.54. The van der Waals surface area contributed by atoms with Crippen LogP contribution in [0.25, 0.3) is 0 Å². The van der Waals surface area contributed by atoms with E-state index in [0.29, 0.717) is 118 Å². The molecule has 1 aromatic carbocycles. The Morgan fingerprint density at radius 1 is 0.439 bits per heavy atom. The van der Waals surface area contributed by atoms with Gasteiger partial charge in [-0.3, -0.25) is 0 Å². The van der Waals surface area contributed by atoms with Gasteiger partial charge in [0.1, 0.15) is 6.61 Å². The molecule has 1 aromatic rings. The highest BCUT2D eigenvalue weighted by atomic mass is 16.6. The van der Waals surface area contributed by atoms with Crippen molar-refractivity contribution in [3.8, 4) is 0 Å². The molecule has 0 fully saturated rings. The Morgan fingerprint density at radius 3 is 1.10 bits per heavy atom. The average Bonchev–Trinajstić information content (AvgIpc) is 3.00. The predicted octanol–water partition coefficient (Wildman–Crippen LogP) is 3.18. The minimum atomic E-state index is -0.353. The average molecular weight is 589 g/mol. The standard InChI is InChI=1S/C30H52O11/c1-2-3-7-10-32-11-12-33-13-14-34-15-16-35-17-18-36-19-20-37-21-22-38-23-24-39-25-26-40-27-28-41-30(31)29-8-5-4-6-9-29/h4-6,8-9H,2-3,7,10-28H2,1H3. The fraction of sp³-hybridized carbons (Fsp3) is 0.767. The predicted molar refractivity (Wildman–Crippen MR) is 154 cm³/mol. The number of unbranched alkanes of at least 4 members (excludes halogenated alkanes) is 2. The second-order valence-electron chi connectivity index (χ2n) is 8.72. The molecule has 1 rings (SSSR count). The zero-order valence-corrected chi connectivity index (χ0v) is 24.9. The summed E-state index contributed by atoms with van der Waals surface area (Å²) in [4.78, 5) is 11.8. The monoisotopic (exact) mass is 588 g/mol. The van der Waals surface area contributed by atoms with Gasteiger partial charge in [0, 0.05) is 6.61 Å². The number of rotatable bonds is 32. The Hall–Kier alpha value is -1.67. The Kier molecular flexibility index (Phi) is 28.5. The van der Waals surface area contributed by atoms with Crippen molar-refractivity contribution in [1.29, 1.82) is 0 Å². The number of benzene rings is 1. The van der Waals surface area contributed by atoms with Gasteiger partial charge in [0.15, 0.2) is 0 Å². The van der Waals surface area contributed by atoms with Gasteiger partial charge in [-0.05, 0) is 18.6 Å². The second-order valence-corrected chi connectivity index (χ2v) is 8.72. The van der Waals surface area contributed by atoms with Crippen molar-refractivity contribution in [2.75, 3.05) is 126 Å². The highest BCUT2D eigenvalue weighted by Gasteiger charge is 2.05. The number of carbonyl (C=O) groups is 1. The molecule has 0 atom stereocenters. The molecule has 238 valence electrons. The lowest BCUT2D eigenvalue weighted by molar-refractivity contribution is -0.0259. The van der Waals surface area contributed by atoms with Crippen molar-refractivity contribution in [2.45, 2.75) is 26.2 Å². The third-order valence-electron chi connectivity index (χ3n) is 5.34. The van der Waals surface area contributed by atoms with Crippen LogP contribution in [0.5, 0.6) is 0 Å². The molecule has 0 aliphatic rings. The van der Waals surface area contributed by atoms with Crippen LogP contribution < -0.4 is 0 Å². The first-order valence-electron chi connectivity index (χ1n) is 14.8. The SMILES string of the molecule is CCCCCOCCOCCOCCOCCOCCOCCOCCOCCOCCOC(=O)c1ccccc1. The third kappa shape index (κ3) is 26.9. The minimum Gasteiger partial charge on any atom is -0.460 e. The van der Waals surface area contributed by atoms with E-state index >= 15 is 0 Å². The Bertz CT molecular complexity index is 663. The zero-order valence-electron chi connectivity index (χ0n) is 24.9. The van der Waals surface area contributed by atoms with Gasteiger partial charge in [0.25, 0.3) is 0 Å². The number of hydrogen-bond donors (Lipinski definition) is 0. The van der Waals surface area contributed by atoms with E-state index in [0.717, 1.165) is 13.0 Å². The minimum absolute atomic E-state index is 0.207. The van der Waals surface area contributed by atoms with E-state index in [1.165, 1.54) is 12.8 Å². The summed E-state index contributed by atoms with van der Waals surface area (Å²) in [5, 5.41) is 0. The smallest absolute Gasteiger partial charge is 0.338 e. The van der Waals surface area contributed by atoms with E-state index < -0.39 is 0 Å². The maximum atomic E-state index is 11.8. The molecular formula is C30H52O11. The molecule has 41 heavy (non-hydrogen) atoms. The number of hydrogen-bond acceptors (Lipinski definition) is 11. The van der Waals surface area contributed by atoms with Crippen molar-refractivity contribution in [3.63, 3.8) is 0 Å². The van der Waals surface area contributed by atoms with Gasteiger partial charge < -0.3 is 47.4 Å². The van der Waals surface area contributed by atoms with Crippen molar-refractivity contribution in [1.82, 2.24) is 0 Å². The molecule has 0 bridgehead atoms. The molecule has 0 aromatic heterocycles. The van der Waals surface area contributed by atoms with Crippen LogP contribution in [-0.2, 0) is 47.4 Å². The van der Waals surface area contributed by atoms with Crippen LogP contribution >= 0.6 is 0 Å².